The molecule has 36 heavy (non-hydrogen) atoms. The number of nitro groups is 1. The molecule has 4 rings (SSSR count). The molecule has 0 spiro atoms. The average molecular weight is 490 g/mol. The number of hydrogen-bond donors (Lipinski definition) is 1. The topological polar surface area (TPSA) is 111 Å². The van der Waals surface area contributed by atoms with Crippen LogP contribution >= 0.6 is 0 Å². The molecule has 9 nitrogen and oxygen atoms in total. The van der Waals surface area contributed by atoms with E-state index in [9.17, 15) is 19.7 Å². The normalized spacial score (nSPS) is 13.1. The molecule has 1 aliphatic rings. The van der Waals surface area contributed by atoms with Crippen molar-refractivity contribution in [1.29, 1.82) is 0 Å². The van der Waals surface area contributed by atoms with E-state index >= 15 is 0 Å². The van der Waals surface area contributed by atoms with E-state index in [1.54, 1.807) is 49.6 Å². The van der Waals surface area contributed by atoms with Gasteiger partial charge in [0.2, 0.25) is 0 Å². The minimum Gasteiger partial charge on any atom is -0.497 e. The minimum absolute atomic E-state index is 0.0169. The van der Waals surface area contributed by atoms with E-state index < -0.39 is 10.8 Å². The van der Waals surface area contributed by atoms with Crippen LogP contribution in [0.4, 0.5) is 5.69 Å². The lowest BCUT2D eigenvalue weighted by atomic mass is 10.1. The number of carbonyl (C=O) groups excluding carboxylic acids is 2. The number of nitro benzene ring substituents is 1. The Morgan fingerprint density at radius 3 is 2.39 bits per heavy atom. The van der Waals surface area contributed by atoms with Crippen LogP contribution in [-0.2, 0) is 6.54 Å². The van der Waals surface area contributed by atoms with E-state index in [0.717, 1.165) is 37.9 Å². The first kappa shape index (κ1) is 24.7. The highest BCUT2D eigenvalue weighted by Crippen LogP contribution is 2.30. The van der Waals surface area contributed by atoms with Gasteiger partial charge in [0.25, 0.3) is 17.5 Å². The number of carbonyl (C=O) groups is 2. The largest absolute Gasteiger partial charge is 0.497 e. The van der Waals surface area contributed by atoms with Gasteiger partial charge in [-0.1, -0.05) is 12.1 Å². The van der Waals surface area contributed by atoms with Gasteiger partial charge in [-0.05, 0) is 67.3 Å². The zero-order valence-electron chi connectivity index (χ0n) is 19.9. The third kappa shape index (κ3) is 5.99. The molecule has 186 valence electrons. The van der Waals surface area contributed by atoms with Crippen LogP contribution in [0, 0.1) is 10.1 Å². The number of nitrogens with zero attached hydrogens (tertiary/aromatic N) is 2. The van der Waals surface area contributed by atoms with Crippen molar-refractivity contribution in [1.82, 2.24) is 10.2 Å². The quantitative estimate of drug-likeness (QED) is 0.354. The number of amides is 2. The number of likely N-dealkylation sites (tertiary alicyclic amines) is 1. The third-order valence-corrected chi connectivity index (χ3v) is 5.98. The van der Waals surface area contributed by atoms with Crippen LogP contribution in [-0.4, -0.2) is 41.8 Å². The number of methoxy groups -OCH3 is 1. The van der Waals surface area contributed by atoms with Gasteiger partial charge < -0.3 is 19.7 Å². The number of nitrogens with one attached hydrogen (secondary N) is 1. The molecule has 0 atom stereocenters. The van der Waals surface area contributed by atoms with Gasteiger partial charge in [-0.25, -0.2) is 0 Å². The Kier molecular flexibility index (Phi) is 7.79. The van der Waals surface area contributed by atoms with Crippen molar-refractivity contribution in [3.05, 3.63) is 93.5 Å². The molecule has 1 aliphatic heterocycles. The minimum atomic E-state index is -0.566. The lowest BCUT2D eigenvalue weighted by molar-refractivity contribution is -0.384. The Morgan fingerprint density at radius 2 is 1.69 bits per heavy atom. The monoisotopic (exact) mass is 489 g/mol. The van der Waals surface area contributed by atoms with Gasteiger partial charge in [0, 0.05) is 37.3 Å². The van der Waals surface area contributed by atoms with Crippen molar-refractivity contribution in [2.24, 2.45) is 0 Å². The zero-order valence-corrected chi connectivity index (χ0v) is 19.9. The molecular weight excluding hydrogens is 462 g/mol. The summed E-state index contributed by atoms with van der Waals surface area (Å²) in [6, 6.07) is 17.8. The van der Waals surface area contributed by atoms with E-state index in [2.05, 4.69) is 5.32 Å². The first-order chi connectivity index (χ1) is 17.4. The average Bonchev–Trinajstić information content (AvgIpc) is 2.92. The Hall–Kier alpha value is -4.40. The van der Waals surface area contributed by atoms with E-state index in [1.807, 2.05) is 11.0 Å². The van der Waals surface area contributed by atoms with Crippen LogP contribution in [0.25, 0.3) is 0 Å². The molecule has 3 aromatic rings. The summed E-state index contributed by atoms with van der Waals surface area (Å²) in [5, 5.41) is 14.1. The van der Waals surface area contributed by atoms with Crippen molar-refractivity contribution in [3.8, 4) is 17.2 Å². The van der Waals surface area contributed by atoms with Crippen molar-refractivity contribution in [2.45, 2.75) is 25.8 Å². The number of hydrogen-bond acceptors (Lipinski definition) is 6. The van der Waals surface area contributed by atoms with Gasteiger partial charge >= 0.3 is 0 Å². The summed E-state index contributed by atoms with van der Waals surface area (Å²) in [5.41, 5.74) is 1.12. The molecule has 3 aromatic carbocycles. The fourth-order valence-electron chi connectivity index (χ4n) is 4.04. The Balaban J connectivity index is 1.49. The SMILES string of the molecule is COc1ccc(Oc2ccc([N+](=O)[O-])cc2C(=O)NCc2cccc(C(=O)N3CCCCC3)c2)cc1. The molecule has 0 radical (unpaired) electrons. The van der Waals surface area contributed by atoms with Gasteiger partial charge in [0.1, 0.15) is 17.2 Å². The lowest BCUT2D eigenvalue weighted by Crippen LogP contribution is -2.35. The standard InChI is InChI=1S/C27H27N3O6/c1-35-22-9-11-23(12-10-22)36-25-13-8-21(30(33)34)17-24(25)26(31)28-18-19-6-5-7-20(16-19)27(32)29-14-3-2-4-15-29/h5-13,16-17H,2-4,14-15,18H2,1H3,(H,28,31). The van der Waals surface area contributed by atoms with Crippen LogP contribution in [0.3, 0.4) is 0 Å². The van der Waals surface area contributed by atoms with Crippen LogP contribution in [0.15, 0.2) is 66.7 Å². The zero-order chi connectivity index (χ0) is 25.5. The highest BCUT2D eigenvalue weighted by atomic mass is 16.6. The Morgan fingerprint density at radius 1 is 0.972 bits per heavy atom. The molecule has 1 heterocycles. The summed E-state index contributed by atoms with van der Waals surface area (Å²) in [6.07, 6.45) is 3.15. The molecule has 1 saturated heterocycles. The molecule has 0 bridgehead atoms. The highest BCUT2D eigenvalue weighted by molar-refractivity contribution is 5.98. The predicted octanol–water partition coefficient (Wildman–Crippen LogP) is 4.95. The van der Waals surface area contributed by atoms with Crippen LogP contribution in [0.2, 0.25) is 0 Å². The molecule has 0 unspecified atom stereocenters. The van der Waals surface area contributed by atoms with E-state index in [1.165, 1.54) is 18.2 Å². The van der Waals surface area contributed by atoms with Crippen molar-refractivity contribution in [3.63, 3.8) is 0 Å². The fraction of sp³-hybridized carbons (Fsp3) is 0.259. The molecule has 1 N–H and O–H groups in total. The second-order valence-electron chi connectivity index (χ2n) is 8.45. The van der Waals surface area contributed by atoms with Crippen molar-refractivity contribution < 1.29 is 24.0 Å². The number of non-ortho nitro benzene ring substituents is 1. The molecular formula is C27H27N3O6. The fourth-order valence-corrected chi connectivity index (χ4v) is 4.04. The van der Waals surface area contributed by atoms with Gasteiger partial charge in [-0.3, -0.25) is 19.7 Å². The maximum Gasteiger partial charge on any atom is 0.270 e. The second-order valence-corrected chi connectivity index (χ2v) is 8.45. The van der Waals surface area contributed by atoms with Crippen LogP contribution in [0.5, 0.6) is 17.2 Å². The Bertz CT molecular complexity index is 1250. The third-order valence-electron chi connectivity index (χ3n) is 5.98. The molecule has 2 amide bonds. The molecule has 9 heteroatoms. The maximum atomic E-state index is 13.1. The van der Waals surface area contributed by atoms with Crippen molar-refractivity contribution >= 4 is 17.5 Å². The van der Waals surface area contributed by atoms with E-state index in [4.69, 9.17) is 9.47 Å². The van der Waals surface area contributed by atoms with Gasteiger partial charge in [0.05, 0.1) is 17.6 Å². The summed E-state index contributed by atoms with van der Waals surface area (Å²) >= 11 is 0. The van der Waals surface area contributed by atoms with Gasteiger partial charge in [-0.2, -0.15) is 0 Å². The molecule has 0 saturated carbocycles. The first-order valence-corrected chi connectivity index (χ1v) is 11.7. The van der Waals surface area contributed by atoms with Crippen LogP contribution in [0.1, 0.15) is 45.5 Å². The molecule has 0 aliphatic carbocycles. The molecule has 0 aromatic heterocycles. The number of ether oxygens (including phenoxy) is 2. The maximum absolute atomic E-state index is 13.1. The van der Waals surface area contributed by atoms with Gasteiger partial charge in [-0.15, -0.1) is 0 Å². The number of piperidine rings is 1. The summed E-state index contributed by atoms with van der Waals surface area (Å²) < 4.78 is 11.0. The lowest BCUT2D eigenvalue weighted by Gasteiger charge is -2.26. The number of rotatable bonds is 8. The van der Waals surface area contributed by atoms with E-state index in [-0.39, 0.29) is 29.5 Å². The molecule has 1 fully saturated rings. The van der Waals surface area contributed by atoms with Crippen LogP contribution < -0.4 is 14.8 Å². The summed E-state index contributed by atoms with van der Waals surface area (Å²) in [5.74, 6) is 0.719. The summed E-state index contributed by atoms with van der Waals surface area (Å²) in [4.78, 5) is 38.5. The first-order valence-electron chi connectivity index (χ1n) is 11.7. The highest BCUT2D eigenvalue weighted by Gasteiger charge is 2.20. The van der Waals surface area contributed by atoms with E-state index in [0.29, 0.717) is 17.1 Å². The Labute approximate surface area is 208 Å². The summed E-state index contributed by atoms with van der Waals surface area (Å²) in [7, 11) is 1.55. The predicted molar refractivity (Wildman–Crippen MR) is 134 cm³/mol. The smallest absolute Gasteiger partial charge is 0.270 e. The second kappa shape index (κ2) is 11.4. The summed E-state index contributed by atoms with van der Waals surface area (Å²) in [6.45, 7) is 1.65. The van der Waals surface area contributed by atoms with Crippen molar-refractivity contribution in [2.75, 3.05) is 20.2 Å². The van der Waals surface area contributed by atoms with Gasteiger partial charge in [0.15, 0.2) is 0 Å². The number of benzene rings is 3.